The smallest absolute Gasteiger partial charge is 0.302 e. The molecule has 0 spiro atoms. The first-order valence-electron chi connectivity index (χ1n) is 8.56. The van der Waals surface area contributed by atoms with E-state index in [2.05, 4.69) is 45.9 Å². The summed E-state index contributed by atoms with van der Waals surface area (Å²) in [4.78, 5) is 10.6. The van der Waals surface area contributed by atoms with E-state index in [1.807, 2.05) is 0 Å². The maximum absolute atomic E-state index is 10.6. The molecule has 2 nitrogen and oxygen atoms in total. The predicted molar refractivity (Wildman–Crippen MR) is 95.9 cm³/mol. The molecule has 126 valence electrons. The molecule has 0 aliphatic rings. The van der Waals surface area contributed by atoms with Crippen molar-refractivity contribution in [2.24, 2.45) is 0 Å². The van der Waals surface area contributed by atoms with Gasteiger partial charge in [0.2, 0.25) is 0 Å². The maximum Gasteiger partial charge on any atom is 0.302 e. The van der Waals surface area contributed by atoms with Crippen LogP contribution in [0.1, 0.15) is 79.6 Å². The van der Waals surface area contributed by atoms with Gasteiger partial charge in [-0.05, 0) is 59.3 Å². The Bertz CT molecular complexity index is 400. The number of hydrogen-bond donors (Lipinski definition) is 0. The summed E-state index contributed by atoms with van der Waals surface area (Å²) in [5, 5.41) is 0. The largest absolute Gasteiger partial charge is 0.466 e. The lowest BCUT2D eigenvalue weighted by Crippen LogP contribution is -1.99. The second-order valence-electron chi connectivity index (χ2n) is 6.11. The van der Waals surface area contributed by atoms with Gasteiger partial charge < -0.3 is 4.74 Å². The number of esters is 1. The van der Waals surface area contributed by atoms with Crippen LogP contribution in [0, 0.1) is 0 Å². The molecular formula is C20H34O2. The highest BCUT2D eigenvalue weighted by molar-refractivity contribution is 5.65. The Labute approximate surface area is 137 Å². The van der Waals surface area contributed by atoms with Gasteiger partial charge in [-0.25, -0.2) is 0 Å². The minimum absolute atomic E-state index is 0.201. The normalized spacial score (nSPS) is 13.4. The lowest BCUT2D eigenvalue weighted by atomic mass is 10.0. The van der Waals surface area contributed by atoms with Crippen LogP contribution in [0.25, 0.3) is 0 Å². The van der Waals surface area contributed by atoms with Crippen molar-refractivity contribution in [3.63, 3.8) is 0 Å². The highest BCUT2D eigenvalue weighted by Gasteiger charge is 1.94. The molecule has 0 heterocycles. The summed E-state index contributed by atoms with van der Waals surface area (Å²) in [6.45, 7) is 10.8. The van der Waals surface area contributed by atoms with Crippen molar-refractivity contribution in [3.05, 3.63) is 34.9 Å². The number of ether oxygens (including phenoxy) is 1. The standard InChI is InChI=1S/C20H34O2/c1-6-10-17(2)11-7-12-18(3)13-8-14-19(4)15-9-16-22-20(5)21/h11,13,15H,6-10,12,14,16H2,1-5H3. The Morgan fingerprint density at radius 1 is 0.773 bits per heavy atom. The molecule has 0 bridgehead atoms. The number of carbonyl (C=O) groups is 1. The minimum atomic E-state index is -0.201. The van der Waals surface area contributed by atoms with Gasteiger partial charge in [-0.1, -0.05) is 48.3 Å². The monoisotopic (exact) mass is 306 g/mol. The van der Waals surface area contributed by atoms with Crippen molar-refractivity contribution in [1.82, 2.24) is 0 Å². The summed E-state index contributed by atoms with van der Waals surface area (Å²) < 4.78 is 4.91. The van der Waals surface area contributed by atoms with Crippen molar-refractivity contribution >= 4 is 5.97 Å². The predicted octanol–water partition coefficient (Wildman–Crippen LogP) is 6.14. The van der Waals surface area contributed by atoms with E-state index in [1.54, 1.807) is 0 Å². The van der Waals surface area contributed by atoms with E-state index in [0.29, 0.717) is 6.61 Å². The van der Waals surface area contributed by atoms with Crippen LogP contribution in [0.2, 0.25) is 0 Å². The lowest BCUT2D eigenvalue weighted by molar-refractivity contribution is -0.140. The molecule has 0 aliphatic heterocycles. The van der Waals surface area contributed by atoms with Gasteiger partial charge in [0, 0.05) is 6.92 Å². The third kappa shape index (κ3) is 13.7. The molecule has 0 aromatic carbocycles. The molecule has 0 aromatic rings. The molecular weight excluding hydrogens is 272 g/mol. The van der Waals surface area contributed by atoms with Crippen molar-refractivity contribution in [1.29, 1.82) is 0 Å². The van der Waals surface area contributed by atoms with Crippen LogP contribution in [-0.2, 0) is 9.53 Å². The zero-order valence-corrected chi connectivity index (χ0v) is 15.2. The number of carbonyl (C=O) groups excluding carboxylic acids is 1. The van der Waals surface area contributed by atoms with Crippen LogP contribution in [-0.4, -0.2) is 12.6 Å². The maximum atomic E-state index is 10.6. The molecule has 0 saturated heterocycles. The van der Waals surface area contributed by atoms with Gasteiger partial charge in [0.15, 0.2) is 0 Å². The van der Waals surface area contributed by atoms with Crippen molar-refractivity contribution in [2.75, 3.05) is 6.61 Å². The Morgan fingerprint density at radius 3 is 1.68 bits per heavy atom. The van der Waals surface area contributed by atoms with E-state index in [-0.39, 0.29) is 5.97 Å². The molecule has 0 N–H and O–H groups in total. The molecule has 0 aromatic heterocycles. The van der Waals surface area contributed by atoms with Gasteiger partial charge in [0.05, 0.1) is 6.61 Å². The highest BCUT2D eigenvalue weighted by Crippen LogP contribution is 2.13. The van der Waals surface area contributed by atoms with E-state index in [0.717, 1.165) is 32.1 Å². The van der Waals surface area contributed by atoms with Crippen molar-refractivity contribution in [3.8, 4) is 0 Å². The number of hydrogen-bond acceptors (Lipinski definition) is 2. The first kappa shape index (κ1) is 20.7. The van der Waals surface area contributed by atoms with E-state index in [9.17, 15) is 4.79 Å². The minimum Gasteiger partial charge on any atom is -0.466 e. The van der Waals surface area contributed by atoms with Crippen LogP contribution in [0.3, 0.4) is 0 Å². The fourth-order valence-corrected chi connectivity index (χ4v) is 2.30. The average molecular weight is 306 g/mol. The third-order valence-electron chi connectivity index (χ3n) is 3.62. The lowest BCUT2D eigenvalue weighted by Gasteiger charge is -2.03. The average Bonchev–Trinajstić information content (AvgIpc) is 2.43. The van der Waals surface area contributed by atoms with Crippen LogP contribution in [0.5, 0.6) is 0 Å². The van der Waals surface area contributed by atoms with Crippen LogP contribution >= 0.6 is 0 Å². The summed E-state index contributed by atoms with van der Waals surface area (Å²) in [6, 6.07) is 0. The summed E-state index contributed by atoms with van der Waals surface area (Å²) in [6.07, 6.45) is 14.7. The molecule has 0 aliphatic carbocycles. The molecule has 2 heteroatoms. The van der Waals surface area contributed by atoms with Crippen molar-refractivity contribution in [2.45, 2.75) is 79.6 Å². The fourth-order valence-electron chi connectivity index (χ4n) is 2.30. The van der Waals surface area contributed by atoms with Crippen LogP contribution in [0.15, 0.2) is 34.9 Å². The molecule has 0 saturated carbocycles. The fraction of sp³-hybridized carbons (Fsp3) is 0.650. The Hall–Kier alpha value is -1.31. The van der Waals surface area contributed by atoms with Gasteiger partial charge >= 0.3 is 5.97 Å². The van der Waals surface area contributed by atoms with Crippen LogP contribution in [0.4, 0.5) is 0 Å². The SMILES string of the molecule is CCCC(C)=CCCC(C)=CCCC(C)=CCCOC(C)=O. The highest BCUT2D eigenvalue weighted by atomic mass is 16.5. The number of allylic oxidation sites excluding steroid dienone is 5. The van der Waals surface area contributed by atoms with E-state index < -0.39 is 0 Å². The van der Waals surface area contributed by atoms with Gasteiger partial charge in [-0.2, -0.15) is 0 Å². The summed E-state index contributed by atoms with van der Waals surface area (Å²) >= 11 is 0. The Kier molecular flexibility index (Phi) is 12.6. The molecule has 0 unspecified atom stereocenters. The quantitative estimate of drug-likeness (QED) is 0.260. The van der Waals surface area contributed by atoms with Gasteiger partial charge in [0.25, 0.3) is 0 Å². The zero-order valence-electron chi connectivity index (χ0n) is 15.2. The Morgan fingerprint density at radius 2 is 1.23 bits per heavy atom. The zero-order chi connectivity index (χ0) is 16.8. The molecule has 0 fully saturated rings. The molecule has 0 amide bonds. The van der Waals surface area contributed by atoms with Gasteiger partial charge in [-0.15, -0.1) is 0 Å². The van der Waals surface area contributed by atoms with Crippen LogP contribution < -0.4 is 0 Å². The van der Waals surface area contributed by atoms with E-state index >= 15 is 0 Å². The third-order valence-corrected chi connectivity index (χ3v) is 3.62. The van der Waals surface area contributed by atoms with E-state index in [4.69, 9.17) is 4.74 Å². The van der Waals surface area contributed by atoms with Gasteiger partial charge in [0.1, 0.15) is 0 Å². The topological polar surface area (TPSA) is 26.3 Å². The second-order valence-corrected chi connectivity index (χ2v) is 6.11. The first-order valence-corrected chi connectivity index (χ1v) is 8.56. The summed E-state index contributed by atoms with van der Waals surface area (Å²) in [5.74, 6) is -0.201. The van der Waals surface area contributed by atoms with Gasteiger partial charge in [-0.3, -0.25) is 4.79 Å². The molecule has 0 atom stereocenters. The summed E-state index contributed by atoms with van der Waals surface area (Å²) in [7, 11) is 0. The first-order chi connectivity index (χ1) is 10.5. The summed E-state index contributed by atoms with van der Waals surface area (Å²) in [5.41, 5.74) is 4.37. The number of rotatable bonds is 11. The molecule has 22 heavy (non-hydrogen) atoms. The second kappa shape index (κ2) is 13.4. The van der Waals surface area contributed by atoms with Crippen molar-refractivity contribution < 1.29 is 9.53 Å². The Balaban J connectivity index is 3.87. The molecule has 0 rings (SSSR count). The molecule has 0 radical (unpaired) electrons. The van der Waals surface area contributed by atoms with E-state index in [1.165, 1.54) is 36.5 Å².